The number of hydrogen-bond acceptors (Lipinski definition) is 6. The molecule has 2 aromatic carbocycles. The molecule has 1 N–H and O–H groups in total. The first kappa shape index (κ1) is 19.2. The summed E-state index contributed by atoms with van der Waals surface area (Å²) in [6.45, 7) is 0.00948. The van der Waals surface area contributed by atoms with Crippen molar-refractivity contribution in [3.05, 3.63) is 60.2 Å². The zero-order valence-electron chi connectivity index (χ0n) is 14.9. The van der Waals surface area contributed by atoms with Gasteiger partial charge in [0.25, 0.3) is 10.1 Å². The number of nitrogens with one attached hydrogen (secondary N) is 1. The number of ether oxygens (including phenoxy) is 2. The van der Waals surface area contributed by atoms with E-state index < -0.39 is 21.8 Å². The van der Waals surface area contributed by atoms with Crippen LogP contribution >= 0.6 is 0 Å². The lowest BCUT2D eigenvalue weighted by Gasteiger charge is -2.17. The highest BCUT2D eigenvalue weighted by Gasteiger charge is 2.46. The molecule has 1 amide bonds. The van der Waals surface area contributed by atoms with Crippen molar-refractivity contribution < 1.29 is 26.9 Å². The largest absolute Gasteiger partial charge is 0.497 e. The summed E-state index contributed by atoms with van der Waals surface area (Å²) in [5.74, 6) is 0.551. The van der Waals surface area contributed by atoms with Gasteiger partial charge in [0.1, 0.15) is 12.4 Å². The van der Waals surface area contributed by atoms with E-state index in [9.17, 15) is 13.2 Å². The SMILES string of the molecule is COc1ccc(S(=O)(=O)OCC2(NC(=O)OCc3ccccc3)CC2)cc1. The van der Waals surface area contributed by atoms with Crippen LogP contribution in [0.1, 0.15) is 18.4 Å². The normalized spacial score (nSPS) is 15.0. The zero-order valence-corrected chi connectivity index (χ0v) is 15.7. The number of carbonyl (C=O) groups excluding carboxylic acids is 1. The van der Waals surface area contributed by atoms with Crippen LogP contribution in [0.25, 0.3) is 0 Å². The van der Waals surface area contributed by atoms with Crippen LogP contribution in [-0.2, 0) is 25.6 Å². The van der Waals surface area contributed by atoms with Gasteiger partial charge in [-0.3, -0.25) is 4.18 Å². The third-order valence-corrected chi connectivity index (χ3v) is 5.55. The summed E-state index contributed by atoms with van der Waals surface area (Å²) >= 11 is 0. The van der Waals surface area contributed by atoms with E-state index in [0.717, 1.165) is 5.56 Å². The molecule has 0 bridgehead atoms. The number of amides is 1. The number of alkyl carbamates (subject to hydrolysis) is 1. The van der Waals surface area contributed by atoms with Gasteiger partial charge in [0, 0.05) is 0 Å². The molecule has 7 nitrogen and oxygen atoms in total. The molecule has 0 saturated heterocycles. The Morgan fingerprint density at radius 3 is 2.33 bits per heavy atom. The van der Waals surface area contributed by atoms with Gasteiger partial charge < -0.3 is 14.8 Å². The van der Waals surface area contributed by atoms with Crippen LogP contribution in [0, 0.1) is 0 Å². The number of carbonyl (C=O) groups is 1. The second-order valence-electron chi connectivity index (χ2n) is 6.36. The average Bonchev–Trinajstić information content (AvgIpc) is 3.45. The van der Waals surface area contributed by atoms with Crippen LogP contribution in [0.4, 0.5) is 4.79 Å². The molecule has 1 aliphatic carbocycles. The van der Waals surface area contributed by atoms with Crippen LogP contribution in [0.5, 0.6) is 5.75 Å². The van der Waals surface area contributed by atoms with Gasteiger partial charge in [-0.25, -0.2) is 4.79 Å². The molecule has 0 aliphatic heterocycles. The summed E-state index contributed by atoms with van der Waals surface area (Å²) in [6, 6.07) is 15.2. The minimum atomic E-state index is -3.92. The van der Waals surface area contributed by atoms with Crippen molar-refractivity contribution >= 4 is 16.2 Å². The molecule has 27 heavy (non-hydrogen) atoms. The number of rotatable bonds is 8. The molecule has 0 atom stereocenters. The maximum Gasteiger partial charge on any atom is 0.407 e. The Hall–Kier alpha value is -2.58. The highest BCUT2D eigenvalue weighted by molar-refractivity contribution is 7.86. The molecule has 2 aromatic rings. The molecule has 0 unspecified atom stereocenters. The van der Waals surface area contributed by atoms with Crippen molar-refractivity contribution in [1.82, 2.24) is 5.32 Å². The quantitative estimate of drug-likeness (QED) is 0.696. The molecule has 8 heteroatoms. The van der Waals surface area contributed by atoms with Crippen molar-refractivity contribution in [1.29, 1.82) is 0 Å². The minimum absolute atomic E-state index is 0.0331. The lowest BCUT2D eigenvalue weighted by Crippen LogP contribution is -2.41. The van der Waals surface area contributed by atoms with Crippen molar-refractivity contribution in [2.75, 3.05) is 13.7 Å². The van der Waals surface area contributed by atoms with Crippen LogP contribution in [0.3, 0.4) is 0 Å². The predicted octanol–water partition coefficient (Wildman–Crippen LogP) is 2.86. The van der Waals surface area contributed by atoms with Crippen molar-refractivity contribution in [2.24, 2.45) is 0 Å². The summed E-state index contributed by atoms with van der Waals surface area (Å²) < 4.78 is 39.9. The molecule has 1 aliphatic rings. The van der Waals surface area contributed by atoms with Gasteiger partial charge in [0.2, 0.25) is 0 Å². The van der Waals surface area contributed by atoms with E-state index in [2.05, 4.69) is 5.32 Å². The zero-order chi connectivity index (χ0) is 19.3. The van der Waals surface area contributed by atoms with Gasteiger partial charge in [0.05, 0.1) is 24.2 Å². The summed E-state index contributed by atoms with van der Waals surface area (Å²) in [4.78, 5) is 12.0. The Kier molecular flexibility index (Phi) is 5.67. The molecule has 0 radical (unpaired) electrons. The molecular formula is C19H21NO6S. The lowest BCUT2D eigenvalue weighted by molar-refractivity contribution is 0.129. The Morgan fingerprint density at radius 2 is 1.74 bits per heavy atom. The van der Waals surface area contributed by atoms with E-state index in [4.69, 9.17) is 13.7 Å². The second kappa shape index (κ2) is 7.98. The van der Waals surface area contributed by atoms with Crippen LogP contribution in [0.2, 0.25) is 0 Å². The topological polar surface area (TPSA) is 90.9 Å². The lowest BCUT2D eigenvalue weighted by atomic mass is 10.2. The van der Waals surface area contributed by atoms with E-state index in [0.29, 0.717) is 18.6 Å². The third-order valence-electron chi connectivity index (χ3n) is 4.27. The van der Waals surface area contributed by atoms with Gasteiger partial charge in [-0.1, -0.05) is 30.3 Å². The van der Waals surface area contributed by atoms with Gasteiger partial charge in [-0.15, -0.1) is 0 Å². The van der Waals surface area contributed by atoms with Gasteiger partial charge in [0.15, 0.2) is 0 Å². The molecule has 0 aromatic heterocycles. The summed E-state index contributed by atoms with van der Waals surface area (Å²) in [5.41, 5.74) is 0.170. The summed E-state index contributed by atoms with van der Waals surface area (Å²) in [5, 5.41) is 2.71. The van der Waals surface area contributed by atoms with Crippen LogP contribution in [0.15, 0.2) is 59.5 Å². The molecular weight excluding hydrogens is 370 g/mol. The average molecular weight is 391 g/mol. The van der Waals surface area contributed by atoms with Gasteiger partial charge in [-0.2, -0.15) is 8.42 Å². The van der Waals surface area contributed by atoms with Crippen LogP contribution < -0.4 is 10.1 Å². The van der Waals surface area contributed by atoms with E-state index >= 15 is 0 Å². The maximum atomic E-state index is 12.3. The first-order chi connectivity index (χ1) is 12.9. The number of methoxy groups -OCH3 is 1. The molecule has 0 spiro atoms. The first-order valence-electron chi connectivity index (χ1n) is 8.45. The standard InChI is InChI=1S/C19H21NO6S/c1-24-16-7-9-17(10-8-16)27(22,23)26-14-19(11-12-19)20-18(21)25-13-15-5-3-2-4-6-15/h2-10H,11-14H2,1H3,(H,20,21). The Labute approximate surface area is 158 Å². The molecule has 1 fully saturated rings. The van der Waals surface area contributed by atoms with E-state index in [1.807, 2.05) is 30.3 Å². The Balaban J connectivity index is 1.51. The highest BCUT2D eigenvalue weighted by Crippen LogP contribution is 2.36. The smallest absolute Gasteiger partial charge is 0.407 e. The first-order valence-corrected chi connectivity index (χ1v) is 9.86. The van der Waals surface area contributed by atoms with E-state index in [-0.39, 0.29) is 18.1 Å². The van der Waals surface area contributed by atoms with Crippen LogP contribution in [-0.4, -0.2) is 33.8 Å². The van der Waals surface area contributed by atoms with E-state index in [1.54, 1.807) is 12.1 Å². The van der Waals surface area contributed by atoms with E-state index in [1.165, 1.54) is 19.2 Å². The fraction of sp³-hybridized carbons (Fsp3) is 0.316. The van der Waals surface area contributed by atoms with Gasteiger partial charge in [-0.05, 0) is 42.7 Å². The van der Waals surface area contributed by atoms with Crippen molar-refractivity contribution in [3.8, 4) is 5.75 Å². The number of benzene rings is 2. The molecule has 144 valence electrons. The van der Waals surface area contributed by atoms with Crippen molar-refractivity contribution in [2.45, 2.75) is 29.9 Å². The summed E-state index contributed by atoms with van der Waals surface area (Å²) in [7, 11) is -2.42. The summed E-state index contributed by atoms with van der Waals surface area (Å²) in [6.07, 6.45) is 0.665. The Bertz CT molecular complexity index is 876. The maximum absolute atomic E-state index is 12.3. The highest BCUT2D eigenvalue weighted by atomic mass is 32.2. The predicted molar refractivity (Wildman–Crippen MR) is 97.9 cm³/mol. The monoisotopic (exact) mass is 391 g/mol. The molecule has 0 heterocycles. The minimum Gasteiger partial charge on any atom is -0.497 e. The fourth-order valence-electron chi connectivity index (χ4n) is 2.43. The molecule has 3 rings (SSSR count). The molecule has 1 saturated carbocycles. The Morgan fingerprint density at radius 1 is 1.07 bits per heavy atom. The van der Waals surface area contributed by atoms with Crippen molar-refractivity contribution in [3.63, 3.8) is 0 Å². The fourth-order valence-corrected chi connectivity index (χ4v) is 3.42. The number of hydrogen-bond donors (Lipinski definition) is 1. The van der Waals surface area contributed by atoms with Gasteiger partial charge >= 0.3 is 6.09 Å². The third kappa shape index (κ3) is 5.21. The second-order valence-corrected chi connectivity index (χ2v) is 7.97.